The summed E-state index contributed by atoms with van der Waals surface area (Å²) in [6.07, 6.45) is 0. The molecule has 0 heterocycles. The smallest absolute Gasteiger partial charge is 0.336 e. The van der Waals surface area contributed by atoms with Gasteiger partial charge in [-0.25, -0.2) is 38.4 Å². The highest BCUT2D eigenvalue weighted by molar-refractivity contribution is 6.10. The van der Waals surface area contributed by atoms with Gasteiger partial charge >= 0.3 is 48.0 Å². The van der Waals surface area contributed by atoms with Gasteiger partial charge in [0, 0.05) is 0 Å². The van der Waals surface area contributed by atoms with E-state index in [1.807, 2.05) is 0 Å². The molecule has 0 atom stereocenters. The Hall–Kier alpha value is -5.94. The Morgan fingerprint density at radius 2 is 0.611 bits per heavy atom. The monoisotopic (exact) mass is 510 g/mol. The summed E-state index contributed by atoms with van der Waals surface area (Å²) < 4.78 is 0. The molecule has 14 N–H and O–H groups in total. The lowest BCUT2D eigenvalue weighted by Crippen LogP contribution is -2.38. The molecule has 0 unspecified atom stereocenters. The normalized spacial score (nSPS) is 9.22. The fraction of sp³-hybridized carbons (Fsp3) is 0. The number of carboxylic acids is 4. The van der Waals surface area contributed by atoms with Gasteiger partial charge in [0.05, 0.1) is 22.3 Å². The second kappa shape index (κ2) is 12.9. The average Bonchev–Trinajstić information content (AvgIpc) is 2.70. The van der Waals surface area contributed by atoms with Crippen LogP contribution in [0.25, 0.3) is 10.8 Å². The van der Waals surface area contributed by atoms with E-state index in [1.165, 1.54) is 0 Å². The van der Waals surface area contributed by atoms with Crippen LogP contribution in [0.4, 0.5) is 19.2 Å². The first kappa shape index (κ1) is 30.1. The number of hydrogen-bond acceptors (Lipinski definition) is 8. The number of rotatable bonds is 4. The largest absolute Gasteiger partial charge is 0.478 e. The van der Waals surface area contributed by atoms with Crippen molar-refractivity contribution in [3.05, 3.63) is 46.5 Å². The number of carbonyl (C=O) groups excluding carboxylic acids is 4. The highest BCUT2D eigenvalue weighted by Gasteiger charge is 2.21. The number of hydrogen-bond donors (Lipinski definition) is 10. The predicted molar refractivity (Wildman–Crippen MR) is 116 cm³/mol. The van der Waals surface area contributed by atoms with Crippen molar-refractivity contribution in [3.63, 3.8) is 0 Å². The van der Waals surface area contributed by atoms with E-state index in [0.29, 0.717) is 0 Å². The second-order valence-corrected chi connectivity index (χ2v) is 6.07. The van der Waals surface area contributed by atoms with Crippen LogP contribution in [0.2, 0.25) is 0 Å². The van der Waals surface area contributed by atoms with Gasteiger partial charge < -0.3 is 43.4 Å². The molecule has 0 aliphatic rings. The summed E-state index contributed by atoms with van der Waals surface area (Å²) in [4.78, 5) is 82.8. The van der Waals surface area contributed by atoms with Crippen molar-refractivity contribution in [2.75, 3.05) is 0 Å². The number of benzene rings is 2. The molecule has 0 saturated heterocycles. The van der Waals surface area contributed by atoms with Crippen LogP contribution in [-0.2, 0) is 0 Å². The Labute approximate surface area is 198 Å². The minimum atomic E-state index is -1.49. The summed E-state index contributed by atoms with van der Waals surface area (Å²) in [6.45, 7) is 0. The summed E-state index contributed by atoms with van der Waals surface area (Å²) >= 11 is 0. The molecule has 0 aliphatic heterocycles. The Balaban J connectivity index is 0.000000720. The van der Waals surface area contributed by atoms with E-state index in [1.54, 1.807) is 10.6 Å². The molecule has 0 aliphatic carbocycles. The van der Waals surface area contributed by atoms with Gasteiger partial charge in [0.25, 0.3) is 0 Å². The Morgan fingerprint density at radius 1 is 0.444 bits per heavy atom. The van der Waals surface area contributed by atoms with Crippen LogP contribution in [0.5, 0.6) is 0 Å². The molecular formula is C18H18N6O12. The minimum Gasteiger partial charge on any atom is -0.478 e. The maximum Gasteiger partial charge on any atom is 0.336 e. The Kier molecular flexibility index (Phi) is 10.8. The molecule has 0 spiro atoms. The fourth-order valence-electron chi connectivity index (χ4n) is 2.30. The van der Waals surface area contributed by atoms with Crippen molar-refractivity contribution in [1.82, 2.24) is 10.6 Å². The van der Waals surface area contributed by atoms with Gasteiger partial charge in [0.15, 0.2) is 0 Å². The zero-order valence-electron chi connectivity index (χ0n) is 17.7. The predicted octanol–water partition coefficient (Wildman–Crippen LogP) is -0.901. The number of carboxylic acid groups (broad SMARTS) is 4. The molecule has 0 saturated carbocycles. The molecule has 2 aromatic rings. The topological polar surface area (TPSA) is 346 Å². The van der Waals surface area contributed by atoms with Gasteiger partial charge in [-0.1, -0.05) is 0 Å². The quantitative estimate of drug-likeness (QED) is 0.239. The highest BCUT2D eigenvalue weighted by Crippen LogP contribution is 2.25. The lowest BCUT2D eigenvalue weighted by atomic mass is 9.96. The maximum absolute atomic E-state index is 11.1. The van der Waals surface area contributed by atoms with Crippen LogP contribution in [0.1, 0.15) is 41.4 Å². The molecule has 192 valence electrons. The zero-order valence-corrected chi connectivity index (χ0v) is 17.7. The van der Waals surface area contributed by atoms with Gasteiger partial charge in [-0.3, -0.25) is 10.6 Å². The zero-order chi connectivity index (χ0) is 28.3. The molecule has 18 heteroatoms. The number of amides is 8. The third kappa shape index (κ3) is 9.68. The lowest BCUT2D eigenvalue weighted by Gasteiger charge is -2.08. The van der Waals surface area contributed by atoms with Crippen molar-refractivity contribution in [1.29, 1.82) is 0 Å². The number of nitrogens with two attached hydrogens (primary N) is 4. The van der Waals surface area contributed by atoms with Crippen molar-refractivity contribution in [2.24, 2.45) is 22.9 Å². The molecular weight excluding hydrogens is 492 g/mol. The van der Waals surface area contributed by atoms with Crippen LogP contribution in [0.15, 0.2) is 24.3 Å². The summed E-state index contributed by atoms with van der Waals surface area (Å²) in [7, 11) is 0. The van der Waals surface area contributed by atoms with Crippen molar-refractivity contribution >= 4 is 58.8 Å². The van der Waals surface area contributed by atoms with Gasteiger partial charge in [0.2, 0.25) is 0 Å². The molecule has 0 aromatic heterocycles. The van der Waals surface area contributed by atoms with E-state index in [0.717, 1.165) is 24.3 Å². The van der Waals surface area contributed by atoms with Crippen molar-refractivity contribution in [2.45, 2.75) is 0 Å². The van der Waals surface area contributed by atoms with Crippen molar-refractivity contribution < 1.29 is 58.8 Å². The van der Waals surface area contributed by atoms with Crippen LogP contribution in [0.3, 0.4) is 0 Å². The van der Waals surface area contributed by atoms with E-state index in [4.69, 9.17) is 20.4 Å². The number of imide groups is 2. The number of aromatic carboxylic acids is 4. The maximum atomic E-state index is 11.1. The van der Waals surface area contributed by atoms with E-state index < -0.39 is 70.3 Å². The Bertz CT molecular complexity index is 1090. The number of nitrogens with one attached hydrogen (secondary N) is 2. The van der Waals surface area contributed by atoms with E-state index in [-0.39, 0.29) is 10.8 Å². The highest BCUT2D eigenvalue weighted by atomic mass is 16.4. The fourth-order valence-corrected chi connectivity index (χ4v) is 2.30. The number of urea groups is 4. The summed E-state index contributed by atoms with van der Waals surface area (Å²) in [5, 5.41) is 39.5. The van der Waals surface area contributed by atoms with Gasteiger partial charge in [0.1, 0.15) is 0 Å². The van der Waals surface area contributed by atoms with Crippen LogP contribution in [0, 0.1) is 0 Å². The van der Waals surface area contributed by atoms with Crippen LogP contribution >= 0.6 is 0 Å². The van der Waals surface area contributed by atoms with Gasteiger partial charge in [-0.15, -0.1) is 0 Å². The summed E-state index contributed by atoms with van der Waals surface area (Å²) in [6, 6.07) is 0.247. The van der Waals surface area contributed by atoms with Gasteiger partial charge in [-0.2, -0.15) is 0 Å². The average molecular weight is 510 g/mol. The molecule has 18 nitrogen and oxygen atoms in total. The molecule has 36 heavy (non-hydrogen) atoms. The molecule has 0 radical (unpaired) electrons. The molecule has 0 bridgehead atoms. The number of carbonyl (C=O) groups is 8. The molecule has 2 rings (SSSR count). The minimum absolute atomic E-state index is 0.116. The van der Waals surface area contributed by atoms with Gasteiger partial charge in [-0.05, 0) is 35.0 Å². The second-order valence-electron chi connectivity index (χ2n) is 6.07. The molecule has 8 amide bonds. The third-order valence-electron chi connectivity index (χ3n) is 3.53. The molecule has 0 fully saturated rings. The van der Waals surface area contributed by atoms with E-state index in [2.05, 4.69) is 22.9 Å². The number of fused-ring (bicyclic) bond motifs is 1. The van der Waals surface area contributed by atoms with Crippen LogP contribution < -0.4 is 33.6 Å². The lowest BCUT2D eigenvalue weighted by molar-refractivity contribution is 0.0651. The third-order valence-corrected chi connectivity index (χ3v) is 3.53. The standard InChI is InChI=1S/C14H8O8.2C2H5N3O2/c15-11(16)7-1-5-2-9(13(19)20)10(14(21)22)4-6(5)3-8(7)12(17)18;2*3-1(6)5-2(4)7/h1-4H,(H,15,16)(H,17,18)(H,19,20)(H,21,22);2*(H5,3,4,5,6,7). The van der Waals surface area contributed by atoms with Crippen molar-refractivity contribution in [3.8, 4) is 0 Å². The van der Waals surface area contributed by atoms with Crippen LogP contribution in [-0.4, -0.2) is 68.4 Å². The first-order valence-corrected chi connectivity index (χ1v) is 8.74. The summed E-state index contributed by atoms with van der Waals surface area (Å²) in [5.74, 6) is -5.95. The SMILES string of the molecule is NC(=O)NC(N)=O.NC(=O)NC(N)=O.O=C(O)c1cc2cc(C(=O)O)c(C(=O)O)cc2cc1C(=O)O. The summed E-state index contributed by atoms with van der Waals surface area (Å²) in [5.41, 5.74) is 15.7. The molecule has 2 aromatic carbocycles. The van der Waals surface area contributed by atoms with E-state index >= 15 is 0 Å². The first-order valence-electron chi connectivity index (χ1n) is 8.74. The number of primary amides is 4. The first-order chi connectivity index (χ1) is 16.5. The Morgan fingerprint density at radius 3 is 0.694 bits per heavy atom. The van der Waals surface area contributed by atoms with E-state index in [9.17, 15) is 38.4 Å².